The van der Waals surface area contributed by atoms with Crippen LogP contribution in [0.2, 0.25) is 0 Å². The van der Waals surface area contributed by atoms with Crippen molar-refractivity contribution in [1.29, 1.82) is 10.8 Å². The van der Waals surface area contributed by atoms with Gasteiger partial charge < -0.3 is 52.2 Å². The van der Waals surface area contributed by atoms with Gasteiger partial charge in [-0.1, -0.05) is 36.4 Å². The second-order valence-corrected chi connectivity index (χ2v) is 9.97. The third kappa shape index (κ3) is 5.01. The van der Waals surface area contributed by atoms with Crippen LogP contribution in [0.25, 0.3) is 0 Å². The lowest BCUT2D eigenvalue weighted by Crippen LogP contribution is -2.80. The zero-order valence-electron chi connectivity index (χ0n) is 21.9. The Balaban J connectivity index is 1.14. The monoisotopic (exact) mass is 565 g/mol. The van der Waals surface area contributed by atoms with Crippen LogP contribution in [0.5, 0.6) is 0 Å². The molecule has 5 rings (SSSR count). The van der Waals surface area contributed by atoms with Crippen LogP contribution in [0.1, 0.15) is 38.3 Å². The van der Waals surface area contributed by atoms with Gasteiger partial charge in [0.1, 0.15) is 6.61 Å². The van der Waals surface area contributed by atoms with Gasteiger partial charge in [0.05, 0.1) is 18.8 Å². The molecule has 2 aromatic carbocycles. The number of carbonyl (C=O) groups excluding carboxylic acids is 3. The van der Waals surface area contributed by atoms with Gasteiger partial charge in [-0.3, -0.25) is 20.4 Å². The molecule has 0 radical (unpaired) electrons. The van der Waals surface area contributed by atoms with Crippen molar-refractivity contribution in [3.63, 3.8) is 0 Å². The average Bonchev–Trinajstić information content (AvgIpc) is 3.46. The zero-order chi connectivity index (χ0) is 29.4. The predicted molar refractivity (Wildman–Crippen MR) is 145 cm³/mol. The first kappa shape index (κ1) is 27.8. The molecule has 3 aliphatic heterocycles. The Bertz CT molecular complexity index is 1380. The normalized spacial score (nSPS) is 23.8. The molecule has 11 N–H and O–H groups in total. The summed E-state index contributed by atoms with van der Waals surface area (Å²) in [6, 6.07) is 11.4. The van der Waals surface area contributed by atoms with Gasteiger partial charge in [-0.15, -0.1) is 0 Å². The number of rotatable bonds is 8. The first-order chi connectivity index (χ1) is 19.6. The Morgan fingerprint density at radius 3 is 2.29 bits per heavy atom. The first-order valence-electron chi connectivity index (χ1n) is 12.9. The van der Waals surface area contributed by atoms with E-state index < -0.39 is 29.6 Å². The van der Waals surface area contributed by atoms with E-state index in [2.05, 4.69) is 26.6 Å². The molecule has 3 fully saturated rings. The van der Waals surface area contributed by atoms with Gasteiger partial charge in [0.15, 0.2) is 23.4 Å². The van der Waals surface area contributed by atoms with Gasteiger partial charge >= 0.3 is 6.09 Å². The summed E-state index contributed by atoms with van der Waals surface area (Å²) >= 11 is 0. The molecule has 41 heavy (non-hydrogen) atoms. The summed E-state index contributed by atoms with van der Waals surface area (Å²) < 4.78 is 5.35. The zero-order valence-corrected chi connectivity index (χ0v) is 21.9. The first-order valence-corrected chi connectivity index (χ1v) is 12.9. The van der Waals surface area contributed by atoms with Crippen molar-refractivity contribution in [3.05, 3.63) is 70.8 Å². The molecular formula is C26H31N9O6. The number of nitrogens with zero attached hydrogens (tertiary/aromatic N) is 1. The molecule has 3 aliphatic rings. The summed E-state index contributed by atoms with van der Waals surface area (Å²) in [4.78, 5) is 38.5. The van der Waals surface area contributed by atoms with E-state index in [9.17, 15) is 24.6 Å². The van der Waals surface area contributed by atoms with Crippen molar-refractivity contribution < 1.29 is 29.3 Å². The second-order valence-electron chi connectivity index (χ2n) is 9.97. The predicted octanol–water partition coefficient (Wildman–Crippen LogP) is -1.72. The molecule has 3 heterocycles. The van der Waals surface area contributed by atoms with Crippen LogP contribution in [0.15, 0.2) is 48.5 Å². The molecule has 3 atom stereocenters. The van der Waals surface area contributed by atoms with Gasteiger partial charge in [-0.25, -0.2) is 4.79 Å². The smallest absolute Gasteiger partial charge is 0.407 e. The SMILES string of the molecule is N=C1N[C@H]2C(COC(=O)NCc3ccc(C(=O)c4ccc(C(=O)NCN)cc4)cc3)NC(=N)N3CCC(O)(O)[C@]23N1. The number of aliphatic hydroxyl groups is 2. The molecule has 0 bridgehead atoms. The third-order valence-electron chi connectivity index (χ3n) is 7.50. The van der Waals surface area contributed by atoms with E-state index in [4.69, 9.17) is 21.3 Å². The lowest BCUT2D eigenvalue weighted by molar-refractivity contribution is -0.223. The summed E-state index contributed by atoms with van der Waals surface area (Å²) in [7, 11) is 0. The van der Waals surface area contributed by atoms with E-state index in [0.29, 0.717) is 22.3 Å². The number of benzene rings is 2. The van der Waals surface area contributed by atoms with Crippen LogP contribution < -0.4 is 32.3 Å². The van der Waals surface area contributed by atoms with Crippen LogP contribution in [-0.2, 0) is 11.3 Å². The Kier molecular flexibility index (Phi) is 7.25. The number of hydrogen-bond acceptors (Lipinski definition) is 9. The Labute approximate surface area is 234 Å². The fraction of sp³-hybridized carbons (Fsp3) is 0.346. The van der Waals surface area contributed by atoms with E-state index in [1.165, 1.54) is 4.90 Å². The molecule has 15 nitrogen and oxygen atoms in total. The quantitative estimate of drug-likeness (QED) is 0.127. The van der Waals surface area contributed by atoms with Crippen LogP contribution >= 0.6 is 0 Å². The largest absolute Gasteiger partial charge is 0.447 e. The minimum Gasteiger partial charge on any atom is -0.447 e. The number of ether oxygens (including phenoxy) is 1. The van der Waals surface area contributed by atoms with Gasteiger partial charge in [0, 0.05) is 36.2 Å². The summed E-state index contributed by atoms with van der Waals surface area (Å²) in [5, 5.41) is 51.3. The van der Waals surface area contributed by atoms with Crippen molar-refractivity contribution in [1.82, 2.24) is 31.5 Å². The number of nitrogens with one attached hydrogen (secondary N) is 7. The highest BCUT2D eigenvalue weighted by Crippen LogP contribution is 2.42. The summed E-state index contributed by atoms with van der Waals surface area (Å²) in [6.07, 6.45) is -0.769. The molecule has 1 spiro atoms. The lowest BCUT2D eigenvalue weighted by Gasteiger charge is -2.51. The number of ketones is 1. The number of hydrogen-bond donors (Lipinski definition) is 10. The maximum Gasteiger partial charge on any atom is 0.407 e. The highest BCUT2D eigenvalue weighted by molar-refractivity contribution is 6.09. The molecule has 0 aromatic heterocycles. The van der Waals surface area contributed by atoms with E-state index in [-0.39, 0.29) is 56.4 Å². The fourth-order valence-electron chi connectivity index (χ4n) is 5.45. The molecule has 216 valence electrons. The molecule has 2 amide bonds. The number of alkyl carbamates (subject to hydrolysis) is 1. The molecule has 2 aromatic rings. The molecule has 15 heteroatoms. The Hall–Kier alpha value is -4.73. The van der Waals surface area contributed by atoms with E-state index >= 15 is 0 Å². The third-order valence-corrected chi connectivity index (χ3v) is 7.50. The average molecular weight is 566 g/mol. The highest BCUT2D eigenvalue weighted by Gasteiger charge is 2.70. The van der Waals surface area contributed by atoms with Crippen molar-refractivity contribution in [2.45, 2.75) is 36.5 Å². The van der Waals surface area contributed by atoms with Gasteiger partial charge in [-0.05, 0) is 17.7 Å². The number of nitrogens with two attached hydrogens (primary N) is 1. The highest BCUT2D eigenvalue weighted by atomic mass is 16.5. The lowest BCUT2D eigenvalue weighted by atomic mass is 9.86. The van der Waals surface area contributed by atoms with Crippen molar-refractivity contribution >= 4 is 29.7 Å². The van der Waals surface area contributed by atoms with Crippen molar-refractivity contribution in [3.8, 4) is 0 Å². The van der Waals surface area contributed by atoms with Crippen molar-refractivity contribution in [2.75, 3.05) is 19.8 Å². The van der Waals surface area contributed by atoms with Crippen LogP contribution in [0.4, 0.5) is 4.79 Å². The second kappa shape index (κ2) is 10.7. The van der Waals surface area contributed by atoms with Crippen molar-refractivity contribution in [2.24, 2.45) is 5.73 Å². The number of carbonyl (C=O) groups is 3. The van der Waals surface area contributed by atoms with E-state index in [0.717, 1.165) is 0 Å². The molecule has 1 unspecified atom stereocenters. The van der Waals surface area contributed by atoms with Gasteiger partial charge in [0.2, 0.25) is 5.79 Å². The Morgan fingerprint density at radius 2 is 1.63 bits per heavy atom. The summed E-state index contributed by atoms with van der Waals surface area (Å²) in [5.74, 6) is -2.98. The Morgan fingerprint density at radius 1 is 1.00 bits per heavy atom. The maximum atomic E-state index is 12.8. The van der Waals surface area contributed by atoms with E-state index in [1.54, 1.807) is 48.5 Å². The molecule has 3 saturated heterocycles. The number of amides is 2. The number of guanidine groups is 2. The minimum absolute atomic E-state index is 0.0130. The van der Waals surface area contributed by atoms with Crippen LogP contribution in [0.3, 0.4) is 0 Å². The topological polar surface area (TPSA) is 238 Å². The fourth-order valence-corrected chi connectivity index (χ4v) is 5.45. The van der Waals surface area contributed by atoms with E-state index in [1.807, 2.05) is 0 Å². The van der Waals surface area contributed by atoms with Crippen LogP contribution in [0, 0.1) is 10.8 Å². The summed E-state index contributed by atoms with van der Waals surface area (Å²) in [6.45, 7) is 0.107. The molecule has 0 saturated carbocycles. The standard InChI is InChI=1S/C26H31N9O6/c27-13-31-21(37)17-7-5-16(6-8-17)19(36)15-3-1-14(2-4-15)11-30-24(38)41-12-18-20-26(34-22(28)33-20)25(39,40)9-10-35(26)23(29)32-18/h1-8,18,20,39-40H,9-13,27H2,(H2,29,32)(H,30,38)(H,31,37)(H3,28,33,34)/t18?,20-,26-/m0/s1. The van der Waals surface area contributed by atoms with Crippen LogP contribution in [-0.4, -0.2) is 88.2 Å². The summed E-state index contributed by atoms with van der Waals surface area (Å²) in [5.41, 5.74) is 5.72. The molecule has 0 aliphatic carbocycles. The maximum absolute atomic E-state index is 12.8. The minimum atomic E-state index is -2.22. The van der Waals surface area contributed by atoms with Gasteiger partial charge in [0.25, 0.3) is 5.91 Å². The molecular weight excluding hydrogens is 534 g/mol. The van der Waals surface area contributed by atoms with Gasteiger partial charge in [-0.2, -0.15) is 0 Å².